The number of amides is 1. The third-order valence-corrected chi connectivity index (χ3v) is 3.90. The van der Waals surface area contributed by atoms with Gasteiger partial charge in [0.15, 0.2) is 6.10 Å². The van der Waals surface area contributed by atoms with E-state index < -0.39 is 12.0 Å². The van der Waals surface area contributed by atoms with Crippen LogP contribution in [0.15, 0.2) is 67.0 Å². The average Bonchev–Trinajstić information content (AvgIpc) is 2.61. The van der Waals surface area contributed by atoms with E-state index in [0.29, 0.717) is 5.56 Å². The molecule has 2 N–H and O–H groups in total. The normalized spacial score (nSPS) is 13.5. The van der Waals surface area contributed by atoms with E-state index in [2.05, 4.69) is 10.3 Å². The second-order valence-electron chi connectivity index (χ2n) is 5.49. The van der Waals surface area contributed by atoms with Crippen molar-refractivity contribution in [3.63, 3.8) is 0 Å². The third-order valence-electron chi connectivity index (χ3n) is 3.90. The van der Waals surface area contributed by atoms with Crippen molar-refractivity contribution in [2.24, 2.45) is 0 Å². The van der Waals surface area contributed by atoms with Crippen molar-refractivity contribution in [3.8, 4) is 0 Å². The summed E-state index contributed by atoms with van der Waals surface area (Å²) in [6, 6.07) is 17.2. The summed E-state index contributed by atoms with van der Waals surface area (Å²) in [5.74, 6) is -0.432. The fourth-order valence-corrected chi connectivity index (χ4v) is 2.69. The number of pyridine rings is 1. The van der Waals surface area contributed by atoms with Crippen LogP contribution in [0.5, 0.6) is 0 Å². The highest BCUT2D eigenvalue weighted by Gasteiger charge is 2.20. The van der Waals surface area contributed by atoms with E-state index in [1.807, 2.05) is 49.4 Å². The molecule has 0 fully saturated rings. The van der Waals surface area contributed by atoms with Crippen LogP contribution >= 0.6 is 0 Å². The number of hydrogen-bond donors (Lipinski definition) is 2. The second-order valence-corrected chi connectivity index (χ2v) is 5.49. The molecule has 0 spiro atoms. The van der Waals surface area contributed by atoms with E-state index in [0.717, 1.165) is 16.3 Å². The standard InChI is InChI=1S/C19H18N2O2/c1-13(16-10-4-7-14-6-2-3-9-17(14)16)21-19(23)18(22)15-8-5-11-20-12-15/h2-13,18,22H,1H3,(H,21,23)/t13-,18?/m1/s1. The number of aromatic nitrogens is 1. The maximum Gasteiger partial charge on any atom is 0.254 e. The quantitative estimate of drug-likeness (QED) is 0.778. The molecule has 1 aromatic heterocycles. The Morgan fingerprint density at radius 3 is 2.65 bits per heavy atom. The molecule has 0 bridgehead atoms. The summed E-state index contributed by atoms with van der Waals surface area (Å²) in [5, 5.41) is 15.2. The van der Waals surface area contributed by atoms with Gasteiger partial charge in [-0.15, -0.1) is 0 Å². The number of fused-ring (bicyclic) bond motifs is 1. The van der Waals surface area contributed by atoms with Crippen molar-refractivity contribution in [1.29, 1.82) is 0 Å². The first kappa shape index (κ1) is 15.2. The number of aliphatic hydroxyl groups is 1. The number of hydrogen-bond acceptors (Lipinski definition) is 3. The van der Waals surface area contributed by atoms with Gasteiger partial charge >= 0.3 is 0 Å². The monoisotopic (exact) mass is 306 g/mol. The molecule has 116 valence electrons. The van der Waals surface area contributed by atoms with Crippen molar-refractivity contribution >= 4 is 16.7 Å². The van der Waals surface area contributed by atoms with Gasteiger partial charge in [0.2, 0.25) is 0 Å². The van der Waals surface area contributed by atoms with Crippen molar-refractivity contribution in [2.75, 3.05) is 0 Å². The molecule has 1 amide bonds. The highest BCUT2D eigenvalue weighted by atomic mass is 16.3. The zero-order valence-corrected chi connectivity index (χ0v) is 12.8. The number of benzene rings is 2. The Kier molecular flexibility index (Phi) is 4.35. The minimum atomic E-state index is -1.22. The molecule has 2 aromatic carbocycles. The van der Waals surface area contributed by atoms with Gasteiger partial charge in [-0.2, -0.15) is 0 Å². The van der Waals surface area contributed by atoms with E-state index in [-0.39, 0.29) is 6.04 Å². The van der Waals surface area contributed by atoms with Crippen LogP contribution in [-0.2, 0) is 4.79 Å². The average molecular weight is 306 g/mol. The van der Waals surface area contributed by atoms with Crippen LogP contribution in [0, 0.1) is 0 Å². The lowest BCUT2D eigenvalue weighted by molar-refractivity contribution is -0.130. The van der Waals surface area contributed by atoms with Crippen molar-refractivity contribution in [2.45, 2.75) is 19.1 Å². The first-order valence-electron chi connectivity index (χ1n) is 7.53. The molecule has 4 heteroatoms. The maximum absolute atomic E-state index is 12.3. The predicted molar refractivity (Wildman–Crippen MR) is 89.7 cm³/mol. The van der Waals surface area contributed by atoms with Crippen molar-refractivity contribution in [1.82, 2.24) is 10.3 Å². The van der Waals surface area contributed by atoms with Gasteiger partial charge in [-0.3, -0.25) is 9.78 Å². The van der Waals surface area contributed by atoms with Crippen LogP contribution in [0.1, 0.15) is 30.2 Å². The fourth-order valence-electron chi connectivity index (χ4n) is 2.69. The number of carbonyl (C=O) groups excluding carboxylic acids is 1. The van der Waals surface area contributed by atoms with Gasteiger partial charge in [-0.1, -0.05) is 48.5 Å². The molecule has 0 radical (unpaired) electrons. The Morgan fingerprint density at radius 2 is 1.87 bits per heavy atom. The van der Waals surface area contributed by atoms with E-state index in [1.54, 1.807) is 18.3 Å². The van der Waals surface area contributed by atoms with Gasteiger partial charge in [-0.25, -0.2) is 0 Å². The van der Waals surface area contributed by atoms with Crippen molar-refractivity contribution < 1.29 is 9.90 Å². The molecular weight excluding hydrogens is 288 g/mol. The lowest BCUT2D eigenvalue weighted by atomic mass is 9.99. The number of carbonyl (C=O) groups is 1. The molecule has 0 saturated heterocycles. The van der Waals surface area contributed by atoms with E-state index >= 15 is 0 Å². The van der Waals surface area contributed by atoms with Crippen molar-refractivity contribution in [3.05, 3.63) is 78.1 Å². The first-order chi connectivity index (χ1) is 11.2. The van der Waals surface area contributed by atoms with Crippen LogP contribution in [0.3, 0.4) is 0 Å². The SMILES string of the molecule is C[C@@H](NC(=O)C(O)c1cccnc1)c1cccc2ccccc12. The fraction of sp³-hybridized carbons (Fsp3) is 0.158. The zero-order valence-electron chi connectivity index (χ0n) is 12.8. The lowest BCUT2D eigenvalue weighted by Crippen LogP contribution is -2.31. The van der Waals surface area contributed by atoms with Crippen LogP contribution in [0.2, 0.25) is 0 Å². The summed E-state index contributed by atoms with van der Waals surface area (Å²) in [5.41, 5.74) is 1.50. The number of nitrogens with one attached hydrogen (secondary N) is 1. The van der Waals surface area contributed by atoms with Gasteiger partial charge < -0.3 is 10.4 Å². The molecular formula is C19H18N2O2. The zero-order chi connectivity index (χ0) is 16.2. The van der Waals surface area contributed by atoms with Crippen LogP contribution in [0.25, 0.3) is 10.8 Å². The van der Waals surface area contributed by atoms with Gasteiger partial charge in [0.1, 0.15) is 0 Å². The van der Waals surface area contributed by atoms with Crippen LogP contribution < -0.4 is 5.32 Å². The first-order valence-corrected chi connectivity index (χ1v) is 7.53. The Hall–Kier alpha value is -2.72. The molecule has 3 aromatic rings. The summed E-state index contributed by atoms with van der Waals surface area (Å²) in [4.78, 5) is 16.2. The lowest BCUT2D eigenvalue weighted by Gasteiger charge is -2.19. The molecule has 0 aliphatic carbocycles. The number of rotatable bonds is 4. The summed E-state index contributed by atoms with van der Waals surface area (Å²) in [6.07, 6.45) is 1.88. The Bertz CT molecular complexity index is 812. The second kappa shape index (κ2) is 6.58. The predicted octanol–water partition coefficient (Wildman–Crippen LogP) is 3.15. The van der Waals surface area contributed by atoms with Gasteiger partial charge in [-0.05, 0) is 29.3 Å². The molecule has 4 nitrogen and oxygen atoms in total. The third kappa shape index (κ3) is 3.22. The summed E-state index contributed by atoms with van der Waals surface area (Å²) >= 11 is 0. The molecule has 1 heterocycles. The molecule has 0 aliphatic rings. The molecule has 0 saturated carbocycles. The molecule has 2 atom stereocenters. The number of nitrogens with zero attached hydrogens (tertiary/aromatic N) is 1. The topological polar surface area (TPSA) is 62.2 Å². The smallest absolute Gasteiger partial charge is 0.254 e. The summed E-state index contributed by atoms with van der Waals surface area (Å²) in [7, 11) is 0. The highest BCUT2D eigenvalue weighted by molar-refractivity contribution is 5.87. The van der Waals surface area contributed by atoms with Gasteiger partial charge in [0.25, 0.3) is 5.91 Å². The summed E-state index contributed by atoms with van der Waals surface area (Å²) in [6.45, 7) is 1.91. The Balaban J connectivity index is 1.81. The minimum Gasteiger partial charge on any atom is -0.378 e. The van der Waals surface area contributed by atoms with Crippen LogP contribution in [0.4, 0.5) is 0 Å². The largest absolute Gasteiger partial charge is 0.378 e. The molecule has 23 heavy (non-hydrogen) atoms. The van der Waals surface area contributed by atoms with Crippen LogP contribution in [-0.4, -0.2) is 16.0 Å². The van der Waals surface area contributed by atoms with E-state index in [9.17, 15) is 9.90 Å². The number of aliphatic hydroxyl groups excluding tert-OH is 1. The molecule has 1 unspecified atom stereocenters. The van der Waals surface area contributed by atoms with Gasteiger partial charge in [0.05, 0.1) is 6.04 Å². The molecule has 3 rings (SSSR count). The highest BCUT2D eigenvalue weighted by Crippen LogP contribution is 2.24. The minimum absolute atomic E-state index is 0.208. The van der Waals surface area contributed by atoms with E-state index in [1.165, 1.54) is 6.20 Å². The Morgan fingerprint density at radius 1 is 1.09 bits per heavy atom. The maximum atomic E-state index is 12.3. The summed E-state index contributed by atoms with van der Waals surface area (Å²) < 4.78 is 0. The van der Waals surface area contributed by atoms with Gasteiger partial charge in [0, 0.05) is 18.0 Å². The Labute approximate surface area is 134 Å². The van der Waals surface area contributed by atoms with E-state index in [4.69, 9.17) is 0 Å². The molecule has 0 aliphatic heterocycles.